The Labute approximate surface area is 174 Å². The molecule has 1 aromatic heterocycles. The Morgan fingerprint density at radius 1 is 1.26 bits per heavy atom. The lowest BCUT2D eigenvalue weighted by Crippen LogP contribution is -2.38. The van der Waals surface area contributed by atoms with Gasteiger partial charge in [-0.1, -0.05) is 0 Å². The first kappa shape index (κ1) is 23.0. The van der Waals surface area contributed by atoms with E-state index in [0.29, 0.717) is 36.8 Å². The molecule has 0 saturated heterocycles. The minimum absolute atomic E-state index is 0. The fourth-order valence-electron chi connectivity index (χ4n) is 2.28. The number of furan rings is 1. The topological polar surface area (TPSA) is 68.0 Å². The predicted octanol–water partition coefficient (Wildman–Crippen LogP) is 3.81. The summed E-state index contributed by atoms with van der Waals surface area (Å²) in [5, 5.41) is 6.29. The number of alkyl halides is 2. The van der Waals surface area contributed by atoms with Gasteiger partial charge in [0, 0.05) is 25.1 Å². The van der Waals surface area contributed by atoms with Crippen LogP contribution in [0.4, 0.5) is 8.78 Å². The van der Waals surface area contributed by atoms with Gasteiger partial charge in [-0.15, -0.1) is 24.0 Å². The molecule has 0 atom stereocenters. The molecule has 6 nitrogen and oxygen atoms in total. The number of halogens is 3. The maximum atomic E-state index is 12.6. The maximum Gasteiger partial charge on any atom is 0.387 e. The van der Waals surface area contributed by atoms with E-state index in [0.717, 1.165) is 5.76 Å². The number of nitrogens with zero attached hydrogens (tertiary/aromatic N) is 1. The van der Waals surface area contributed by atoms with Crippen molar-refractivity contribution in [3.63, 3.8) is 0 Å². The summed E-state index contributed by atoms with van der Waals surface area (Å²) in [5.74, 6) is 2.07. The Balaban J connectivity index is 0.00000364. The summed E-state index contributed by atoms with van der Waals surface area (Å²) in [5.41, 5.74) is 0.507. The van der Waals surface area contributed by atoms with Gasteiger partial charge in [-0.2, -0.15) is 8.78 Å². The first-order chi connectivity index (χ1) is 12.6. The van der Waals surface area contributed by atoms with Crippen molar-refractivity contribution in [2.24, 2.45) is 4.99 Å². The van der Waals surface area contributed by atoms with Crippen LogP contribution in [0.5, 0.6) is 11.5 Å². The Bertz CT molecular complexity index is 697. The SMILES string of the molecule is CCNC(=NCc1cc(OC)ccc1OC(F)F)NCCc1ccco1.I. The number of benzene rings is 1. The van der Waals surface area contributed by atoms with Crippen molar-refractivity contribution in [2.75, 3.05) is 20.2 Å². The smallest absolute Gasteiger partial charge is 0.387 e. The van der Waals surface area contributed by atoms with Gasteiger partial charge >= 0.3 is 6.61 Å². The van der Waals surface area contributed by atoms with Gasteiger partial charge in [0.1, 0.15) is 17.3 Å². The van der Waals surface area contributed by atoms with Crippen LogP contribution in [0.2, 0.25) is 0 Å². The Morgan fingerprint density at radius 3 is 2.70 bits per heavy atom. The highest BCUT2D eigenvalue weighted by Crippen LogP contribution is 2.26. The number of ether oxygens (including phenoxy) is 2. The number of methoxy groups -OCH3 is 1. The summed E-state index contributed by atoms with van der Waals surface area (Å²) < 4.78 is 40.1. The number of hydrogen-bond acceptors (Lipinski definition) is 4. The number of aliphatic imine (C=N–C) groups is 1. The van der Waals surface area contributed by atoms with Gasteiger partial charge < -0.3 is 24.5 Å². The molecule has 2 rings (SSSR count). The Kier molecular flexibility index (Phi) is 10.5. The van der Waals surface area contributed by atoms with Gasteiger partial charge in [0.15, 0.2) is 5.96 Å². The van der Waals surface area contributed by atoms with Crippen molar-refractivity contribution in [3.05, 3.63) is 47.9 Å². The summed E-state index contributed by atoms with van der Waals surface area (Å²) in [4.78, 5) is 4.43. The van der Waals surface area contributed by atoms with Gasteiger partial charge in [0.05, 0.1) is 19.9 Å². The number of nitrogens with one attached hydrogen (secondary N) is 2. The fraction of sp³-hybridized carbons (Fsp3) is 0.389. The molecule has 2 aromatic rings. The molecule has 0 amide bonds. The molecule has 0 unspecified atom stereocenters. The van der Waals surface area contributed by atoms with Gasteiger partial charge in [-0.25, -0.2) is 4.99 Å². The van der Waals surface area contributed by atoms with E-state index in [1.807, 2.05) is 19.1 Å². The van der Waals surface area contributed by atoms with Crippen LogP contribution in [0.25, 0.3) is 0 Å². The third kappa shape index (κ3) is 8.02. The molecule has 0 aliphatic heterocycles. The van der Waals surface area contributed by atoms with E-state index in [4.69, 9.17) is 9.15 Å². The van der Waals surface area contributed by atoms with Crippen LogP contribution in [-0.2, 0) is 13.0 Å². The molecule has 0 bridgehead atoms. The van der Waals surface area contributed by atoms with Crippen molar-refractivity contribution in [1.82, 2.24) is 10.6 Å². The van der Waals surface area contributed by atoms with Crippen molar-refractivity contribution < 1.29 is 22.7 Å². The molecule has 0 spiro atoms. The fourth-order valence-corrected chi connectivity index (χ4v) is 2.28. The lowest BCUT2D eigenvalue weighted by atomic mass is 10.2. The van der Waals surface area contributed by atoms with Crippen LogP contribution < -0.4 is 20.1 Å². The van der Waals surface area contributed by atoms with E-state index >= 15 is 0 Å². The first-order valence-electron chi connectivity index (χ1n) is 8.28. The minimum Gasteiger partial charge on any atom is -0.497 e. The van der Waals surface area contributed by atoms with E-state index in [1.165, 1.54) is 13.2 Å². The lowest BCUT2D eigenvalue weighted by molar-refractivity contribution is -0.0504. The van der Waals surface area contributed by atoms with Crippen LogP contribution in [0.3, 0.4) is 0 Å². The average Bonchev–Trinajstić information content (AvgIpc) is 3.13. The second kappa shape index (κ2) is 12.4. The molecule has 2 N–H and O–H groups in total. The standard InChI is InChI=1S/C18H23F2N3O3.HI/c1-3-21-18(22-9-8-14-5-4-10-25-14)23-12-13-11-15(24-2)6-7-16(13)26-17(19)20;/h4-7,10-11,17H,3,8-9,12H2,1-2H3,(H2,21,22,23);1H. The van der Waals surface area contributed by atoms with Crippen molar-refractivity contribution in [2.45, 2.75) is 26.5 Å². The zero-order valence-corrected chi connectivity index (χ0v) is 17.5. The van der Waals surface area contributed by atoms with Gasteiger partial charge in [0.25, 0.3) is 0 Å². The second-order valence-corrected chi connectivity index (χ2v) is 5.30. The largest absolute Gasteiger partial charge is 0.497 e. The van der Waals surface area contributed by atoms with E-state index in [2.05, 4.69) is 20.4 Å². The third-order valence-corrected chi connectivity index (χ3v) is 3.48. The summed E-state index contributed by atoms with van der Waals surface area (Å²) >= 11 is 0. The molecular weight excluding hydrogens is 471 g/mol. The van der Waals surface area contributed by atoms with Crippen molar-refractivity contribution in [1.29, 1.82) is 0 Å². The first-order valence-corrected chi connectivity index (χ1v) is 8.28. The van der Waals surface area contributed by atoms with E-state index < -0.39 is 6.61 Å². The molecule has 0 aliphatic carbocycles. The quantitative estimate of drug-likeness (QED) is 0.315. The van der Waals surface area contributed by atoms with Gasteiger partial charge in [-0.05, 0) is 37.3 Å². The van der Waals surface area contributed by atoms with Crippen molar-refractivity contribution in [3.8, 4) is 11.5 Å². The zero-order valence-electron chi connectivity index (χ0n) is 15.2. The highest BCUT2D eigenvalue weighted by Gasteiger charge is 2.11. The highest BCUT2D eigenvalue weighted by atomic mass is 127. The van der Waals surface area contributed by atoms with Crippen LogP contribution in [0.15, 0.2) is 46.0 Å². The molecule has 150 valence electrons. The molecule has 1 aromatic carbocycles. The Morgan fingerprint density at radius 2 is 2.07 bits per heavy atom. The number of hydrogen-bond donors (Lipinski definition) is 2. The molecule has 0 radical (unpaired) electrons. The zero-order chi connectivity index (χ0) is 18.8. The molecule has 9 heteroatoms. The molecule has 1 heterocycles. The summed E-state index contributed by atoms with van der Waals surface area (Å²) in [6, 6.07) is 8.39. The van der Waals surface area contributed by atoms with Gasteiger partial charge in [-0.3, -0.25) is 0 Å². The van der Waals surface area contributed by atoms with Crippen molar-refractivity contribution >= 4 is 29.9 Å². The lowest BCUT2D eigenvalue weighted by Gasteiger charge is -2.13. The minimum atomic E-state index is -2.90. The molecule has 27 heavy (non-hydrogen) atoms. The van der Waals surface area contributed by atoms with E-state index in [-0.39, 0.29) is 36.3 Å². The Hall–Kier alpha value is -2.04. The molecule has 0 aliphatic rings. The predicted molar refractivity (Wildman–Crippen MR) is 110 cm³/mol. The number of guanidine groups is 1. The summed E-state index contributed by atoms with van der Waals surface area (Å²) in [6.45, 7) is 0.504. The summed E-state index contributed by atoms with van der Waals surface area (Å²) in [7, 11) is 1.51. The van der Waals surface area contributed by atoms with Crippen LogP contribution in [0.1, 0.15) is 18.2 Å². The number of rotatable bonds is 9. The van der Waals surface area contributed by atoms with Crippen LogP contribution in [-0.4, -0.2) is 32.8 Å². The van der Waals surface area contributed by atoms with Crippen LogP contribution in [0, 0.1) is 0 Å². The highest BCUT2D eigenvalue weighted by molar-refractivity contribution is 14.0. The third-order valence-electron chi connectivity index (χ3n) is 3.48. The summed E-state index contributed by atoms with van der Waals surface area (Å²) in [6.07, 6.45) is 2.33. The van der Waals surface area contributed by atoms with Crippen LogP contribution >= 0.6 is 24.0 Å². The maximum absolute atomic E-state index is 12.6. The second-order valence-electron chi connectivity index (χ2n) is 5.30. The van der Waals surface area contributed by atoms with E-state index in [9.17, 15) is 8.78 Å². The van der Waals surface area contributed by atoms with Gasteiger partial charge in [0.2, 0.25) is 0 Å². The normalized spacial score (nSPS) is 11.1. The molecular formula is C18H24F2IN3O3. The monoisotopic (exact) mass is 495 g/mol. The average molecular weight is 495 g/mol. The molecule has 0 fully saturated rings. The molecule has 0 saturated carbocycles. The van der Waals surface area contributed by atoms with E-state index in [1.54, 1.807) is 18.4 Å².